The minimum Gasteiger partial charge on any atom is -0.494 e. The molecule has 0 spiro atoms. The first kappa shape index (κ1) is 101. The van der Waals surface area contributed by atoms with Crippen LogP contribution >= 0.6 is 34.8 Å². The number of halogens is 3. The maximum Gasteiger partial charge on any atom is 0.166 e. The number of aromatic nitrogens is 25. The highest BCUT2D eigenvalue weighted by Gasteiger charge is 2.30. The van der Waals surface area contributed by atoms with E-state index >= 15 is 0 Å². The van der Waals surface area contributed by atoms with Gasteiger partial charge in [-0.25, -0.2) is 34.9 Å². The van der Waals surface area contributed by atoms with E-state index in [4.69, 9.17) is 109 Å². The van der Waals surface area contributed by atoms with Crippen molar-refractivity contribution in [2.45, 2.75) is 144 Å². The fourth-order valence-corrected chi connectivity index (χ4v) is 18.6. The number of imidazole rings is 3. The van der Waals surface area contributed by atoms with Gasteiger partial charge in [-0.15, -0.1) is 0 Å². The van der Waals surface area contributed by atoms with E-state index in [-0.39, 0.29) is 18.7 Å². The maximum absolute atomic E-state index is 6.43. The van der Waals surface area contributed by atoms with Crippen LogP contribution in [-0.2, 0) is 61.7 Å². The molecule has 0 saturated carbocycles. The number of rotatable bonds is 21. The first-order valence-corrected chi connectivity index (χ1v) is 48.7. The van der Waals surface area contributed by atoms with Crippen LogP contribution in [-0.4, -0.2) is 177 Å². The third-order valence-electron chi connectivity index (χ3n) is 24.3. The van der Waals surface area contributed by atoms with E-state index in [1.807, 2.05) is 173 Å². The van der Waals surface area contributed by atoms with Crippen molar-refractivity contribution in [1.82, 2.24) is 124 Å². The van der Waals surface area contributed by atoms with Crippen molar-refractivity contribution in [3.05, 3.63) is 255 Å². The minimum atomic E-state index is -0.0814. The summed E-state index contributed by atoms with van der Waals surface area (Å²) in [5, 5.41) is 46.0. The van der Waals surface area contributed by atoms with Gasteiger partial charge in [-0.3, -0.25) is 33.6 Å². The Morgan fingerprint density at radius 2 is 0.731 bits per heavy atom. The Kier molecular flexibility index (Phi) is 31.9. The zero-order valence-corrected chi connectivity index (χ0v) is 85.6. The Morgan fingerprint density at radius 1 is 0.366 bits per heavy atom. The topological polar surface area (TPSA) is 432 Å². The highest BCUT2D eigenvalue weighted by atomic mass is 35.5. The average Bonchev–Trinajstić information content (AvgIpc) is 1.60. The quantitative estimate of drug-likeness (QED) is 0.0329. The molecule has 7 N–H and O–H groups in total. The van der Waals surface area contributed by atoms with E-state index in [0.717, 1.165) is 254 Å². The number of aliphatic imine (C=N–C) groups is 1. The molecule has 0 radical (unpaired) electrons. The van der Waals surface area contributed by atoms with Crippen molar-refractivity contribution in [2.75, 3.05) is 75.7 Å². The third-order valence-corrected chi connectivity index (χ3v) is 25.0. The fraction of sp³-hybridized carbons (Fsp3) is 0.317. The van der Waals surface area contributed by atoms with E-state index in [2.05, 4.69) is 98.4 Å². The van der Waals surface area contributed by atoms with Gasteiger partial charge in [-0.05, 0) is 209 Å². The van der Waals surface area contributed by atoms with Gasteiger partial charge in [0.25, 0.3) is 0 Å². The molecule has 145 heavy (non-hydrogen) atoms. The second-order valence-electron chi connectivity index (χ2n) is 35.1. The zero-order chi connectivity index (χ0) is 102. The summed E-state index contributed by atoms with van der Waals surface area (Å²) in [5.41, 5.74) is 37.0. The molecular formula is C104H114Cl3N31O7. The normalized spacial score (nSPS) is 14.7. The fourth-order valence-electron chi connectivity index (χ4n) is 17.9. The monoisotopic (exact) mass is 2010 g/mol. The molecule has 38 nitrogen and oxygen atoms in total. The van der Waals surface area contributed by atoms with Crippen LogP contribution < -0.4 is 46.4 Å². The number of anilines is 8. The van der Waals surface area contributed by atoms with Crippen molar-refractivity contribution < 1.29 is 33.2 Å². The molecule has 14 aromatic heterocycles. The highest BCUT2D eigenvalue weighted by Crippen LogP contribution is 2.46. The van der Waals surface area contributed by atoms with Gasteiger partial charge < -0.3 is 60.6 Å². The molecule has 18 aromatic rings. The average molecular weight is 2020 g/mol. The van der Waals surface area contributed by atoms with E-state index < -0.39 is 0 Å². The van der Waals surface area contributed by atoms with Gasteiger partial charge in [0.1, 0.15) is 97.3 Å². The van der Waals surface area contributed by atoms with Crippen molar-refractivity contribution in [3.8, 4) is 68.0 Å². The van der Waals surface area contributed by atoms with Crippen molar-refractivity contribution in [1.29, 1.82) is 0 Å². The van der Waals surface area contributed by atoms with Gasteiger partial charge in [-0.1, -0.05) is 77.3 Å². The van der Waals surface area contributed by atoms with Crippen LogP contribution in [0.25, 0.3) is 78.5 Å². The Morgan fingerprint density at radius 3 is 1.12 bits per heavy atom. The zero-order valence-electron chi connectivity index (χ0n) is 83.4. The number of para-hydroxylation sites is 4. The molecule has 0 amide bonds. The summed E-state index contributed by atoms with van der Waals surface area (Å²) < 4.78 is 46.8. The first-order valence-electron chi connectivity index (χ1n) is 47.5. The lowest BCUT2D eigenvalue weighted by atomic mass is 10.1. The number of methoxy groups -OCH3 is 4. The molecule has 4 aliphatic heterocycles. The second-order valence-corrected chi connectivity index (χ2v) is 36.2. The summed E-state index contributed by atoms with van der Waals surface area (Å²) >= 11 is 18.5. The predicted octanol–water partition coefficient (Wildman–Crippen LogP) is 20.3. The summed E-state index contributed by atoms with van der Waals surface area (Å²) in [4.78, 5) is 57.3. The lowest BCUT2D eigenvalue weighted by Gasteiger charge is -2.25. The van der Waals surface area contributed by atoms with Gasteiger partial charge >= 0.3 is 0 Å². The Labute approximate surface area is 852 Å². The summed E-state index contributed by atoms with van der Waals surface area (Å²) in [6, 6.07) is 48.4. The Balaban J connectivity index is 0.000000125. The maximum atomic E-state index is 6.43. The summed E-state index contributed by atoms with van der Waals surface area (Å²) in [7, 11) is 13.7. The van der Waals surface area contributed by atoms with Crippen LogP contribution in [0.4, 0.5) is 51.3 Å². The number of nitrogens with one attached hydrogen (secondary N) is 3. The smallest absolute Gasteiger partial charge is 0.166 e. The van der Waals surface area contributed by atoms with Gasteiger partial charge in [0.2, 0.25) is 0 Å². The Bertz CT molecular complexity index is 7660. The Hall–Kier alpha value is -15.5. The predicted molar refractivity (Wildman–Crippen MR) is 562 cm³/mol. The van der Waals surface area contributed by atoms with E-state index in [9.17, 15) is 0 Å². The summed E-state index contributed by atoms with van der Waals surface area (Å²) in [6.07, 6.45) is 18.2. The molecule has 0 bridgehead atoms. The van der Waals surface area contributed by atoms with Crippen LogP contribution in [0.15, 0.2) is 181 Å². The molecule has 18 heterocycles. The number of hydrogen-bond donors (Lipinski definition) is 5. The second kappa shape index (κ2) is 45.8. The van der Waals surface area contributed by atoms with Crippen LogP contribution in [0.1, 0.15) is 146 Å². The molecule has 3 saturated heterocycles. The number of nitrogens with zero attached hydrogens (tertiary/aromatic N) is 26. The minimum absolute atomic E-state index is 0.00853. The first-order chi connectivity index (χ1) is 70.2. The molecule has 3 unspecified atom stereocenters. The summed E-state index contributed by atoms with van der Waals surface area (Å²) in [6.45, 7) is 16.1. The largest absolute Gasteiger partial charge is 0.494 e. The van der Waals surface area contributed by atoms with Gasteiger partial charge in [0, 0.05) is 135 Å². The molecule has 0 aliphatic carbocycles. The van der Waals surface area contributed by atoms with Gasteiger partial charge in [0.05, 0.1) is 109 Å². The van der Waals surface area contributed by atoms with Gasteiger partial charge in [0.15, 0.2) is 39.9 Å². The molecule has 3 fully saturated rings. The van der Waals surface area contributed by atoms with E-state index in [1.54, 1.807) is 106 Å². The molecule has 4 aromatic carbocycles. The van der Waals surface area contributed by atoms with Crippen molar-refractivity contribution in [2.24, 2.45) is 33.2 Å². The molecule has 748 valence electrons. The van der Waals surface area contributed by atoms with Crippen LogP contribution in [0, 0.1) is 41.5 Å². The van der Waals surface area contributed by atoms with Crippen LogP contribution in [0.3, 0.4) is 0 Å². The van der Waals surface area contributed by atoms with Gasteiger partial charge in [-0.2, -0.15) is 60.0 Å². The number of nitrogen functional groups attached to an aromatic ring is 2. The van der Waals surface area contributed by atoms with E-state index in [1.165, 1.54) is 19.2 Å². The van der Waals surface area contributed by atoms with Crippen molar-refractivity contribution >= 4 is 125 Å². The number of hydrogen-bond acceptors (Lipinski definition) is 31. The van der Waals surface area contributed by atoms with Crippen LogP contribution in [0.5, 0.6) is 23.0 Å². The number of fused-ring (bicyclic) bond motifs is 4. The number of benzene rings is 4. The standard InChI is InChI=1S/C29H32N8O2.C25H25N7O.C22H24ClN7O2.C12H13Cl2N3O.C10H12N4O.C6H8N2/c1-18-9-7-10-20(31-18)15-21-16-24(27-29(33-21)37(19(2)32-27)26-13-5-6-14-39-26)34-23-12-8-11-22(28(23)38-4)25-17-30-36(3)35-25;1-15-7-5-8-17(27-15)12-18-13-22(24-21(29-18)11-16(2)28-24)30-20-10-6-9-19(25(20)33-4)23-14-26-32(3)31-23;1-13-25-20-16(11-18(23)27-22(20)30(13)19-9-4-5-10-32-19)26-15-8-6-7-14(21(15)31-3)17-12-24-29(2)28-17;1-7-15-11-8(13)6-9(14)16-12(11)17(7)10-4-2-3-5-18-10;1-14-12-6-9(13-14)7-4-3-5-8(11)10(7)15-2;1-5-3-2-4-6(7)8-5/h7-12,16-17,26H,5-6,13-15H2,1-4H3,(H,33,34);5-10,13-14H,11-12H2,1-4H3,(H,29,30);6-8,11-12,19H,4-5,9-10H2,1-3H3,(H,26,27);6,10H,2-5H2,1H3;3-6H,11H2,1-2H3;2-4H,1H3,(H2,7,8). The molecule has 41 heteroatoms. The van der Waals surface area contributed by atoms with E-state index in [0.29, 0.717) is 79.5 Å². The SMILES string of the molecule is COc1c(N)cccc1-c1cnn(C)n1.COc1c(Nc2cc(Cc3cccc(C)n3)nc3c2N=C(C)C3)cccc1-c1cnn(C)n1.COc1c(Nc2cc(Cc3cccc(C)n3)nc3c2nc(C)n3C2CCCCO2)cccc1-c1cnn(C)n1.COc1c(Nc2cc(Cl)nc3c2nc(C)n3C2CCCCO2)cccc1-c1cnn(C)n1.Cc1cccc(N)n1.Cc1nc2c(Cl)cc(Cl)nc2n1C1CCCCO1. The van der Waals surface area contributed by atoms with Crippen LogP contribution in [0.2, 0.25) is 15.3 Å². The lowest BCUT2D eigenvalue weighted by molar-refractivity contribution is -0.0310. The number of nitrogens with two attached hydrogens (primary N) is 2. The molecule has 4 aliphatic rings. The number of aryl methyl sites for hydroxylation is 10. The third kappa shape index (κ3) is 23.7. The number of pyridine rings is 7. The molecule has 3 atom stereocenters. The summed E-state index contributed by atoms with van der Waals surface area (Å²) in [5.74, 6) is 5.82. The molecular weight excluding hydrogens is 1900 g/mol. The lowest BCUT2D eigenvalue weighted by Crippen LogP contribution is -2.19. The van der Waals surface area contributed by atoms with Crippen molar-refractivity contribution in [3.63, 3.8) is 0 Å². The molecule has 22 rings (SSSR count). The number of ether oxygens (including phenoxy) is 7. The highest BCUT2D eigenvalue weighted by molar-refractivity contribution is 6.37.